The second kappa shape index (κ2) is 7.34. The van der Waals surface area contributed by atoms with Crippen LogP contribution in [0.25, 0.3) is 0 Å². The van der Waals surface area contributed by atoms with E-state index in [4.69, 9.17) is 4.74 Å². The van der Waals surface area contributed by atoms with Crippen LogP contribution in [-0.4, -0.2) is 26.8 Å². The van der Waals surface area contributed by atoms with E-state index in [1.807, 2.05) is 0 Å². The van der Waals surface area contributed by atoms with E-state index in [-0.39, 0.29) is 0 Å². The summed E-state index contributed by atoms with van der Waals surface area (Å²) < 4.78 is 5.05. The SMILES string of the molecule is CCNCCC(C)(C)CCCOC. The molecule has 0 spiro atoms. The van der Waals surface area contributed by atoms with Gasteiger partial charge in [0.2, 0.25) is 0 Å². The maximum Gasteiger partial charge on any atom is 0.0462 e. The molecule has 0 fully saturated rings. The largest absolute Gasteiger partial charge is 0.385 e. The van der Waals surface area contributed by atoms with Crippen molar-refractivity contribution in [1.29, 1.82) is 0 Å². The summed E-state index contributed by atoms with van der Waals surface area (Å²) in [6, 6.07) is 0. The minimum Gasteiger partial charge on any atom is -0.385 e. The highest BCUT2D eigenvalue weighted by Gasteiger charge is 2.16. The number of methoxy groups -OCH3 is 1. The Labute approximate surface area is 83.1 Å². The molecule has 0 atom stereocenters. The van der Waals surface area contributed by atoms with Crippen LogP contribution >= 0.6 is 0 Å². The van der Waals surface area contributed by atoms with E-state index in [0.717, 1.165) is 19.7 Å². The molecule has 2 heteroatoms. The molecule has 0 bridgehead atoms. The van der Waals surface area contributed by atoms with Crippen molar-refractivity contribution < 1.29 is 4.74 Å². The molecule has 0 aromatic heterocycles. The predicted molar refractivity (Wildman–Crippen MR) is 58.1 cm³/mol. The number of rotatable bonds is 8. The number of nitrogens with one attached hydrogen (secondary N) is 1. The molecule has 0 rings (SSSR count). The van der Waals surface area contributed by atoms with Crippen LogP contribution in [0.3, 0.4) is 0 Å². The van der Waals surface area contributed by atoms with Crippen LogP contribution in [0.2, 0.25) is 0 Å². The van der Waals surface area contributed by atoms with E-state index in [2.05, 4.69) is 26.1 Å². The topological polar surface area (TPSA) is 21.3 Å². The molecule has 0 aliphatic rings. The molecule has 0 amide bonds. The van der Waals surface area contributed by atoms with Gasteiger partial charge in [0.15, 0.2) is 0 Å². The summed E-state index contributed by atoms with van der Waals surface area (Å²) in [6.45, 7) is 9.92. The minimum absolute atomic E-state index is 0.459. The van der Waals surface area contributed by atoms with Gasteiger partial charge >= 0.3 is 0 Å². The standard InChI is InChI=1S/C11H25NO/c1-5-12-9-8-11(2,3)7-6-10-13-4/h12H,5-10H2,1-4H3. The molecule has 0 aliphatic heterocycles. The van der Waals surface area contributed by atoms with Gasteiger partial charge in [0.25, 0.3) is 0 Å². The van der Waals surface area contributed by atoms with Crippen molar-refractivity contribution in [1.82, 2.24) is 5.32 Å². The first kappa shape index (κ1) is 12.9. The second-order valence-corrected chi connectivity index (χ2v) is 4.36. The summed E-state index contributed by atoms with van der Waals surface area (Å²) in [5.41, 5.74) is 0.459. The molecule has 0 aromatic carbocycles. The third-order valence-electron chi connectivity index (χ3n) is 2.43. The lowest BCUT2D eigenvalue weighted by Gasteiger charge is -2.24. The van der Waals surface area contributed by atoms with E-state index < -0.39 is 0 Å². The van der Waals surface area contributed by atoms with Crippen LogP contribution < -0.4 is 5.32 Å². The maximum atomic E-state index is 5.05. The molecule has 0 saturated heterocycles. The zero-order valence-electron chi connectivity index (χ0n) is 9.65. The van der Waals surface area contributed by atoms with Crippen LogP contribution in [0, 0.1) is 5.41 Å². The average Bonchev–Trinajstić information content (AvgIpc) is 2.05. The van der Waals surface area contributed by atoms with Crippen molar-refractivity contribution in [3.8, 4) is 0 Å². The Balaban J connectivity index is 3.42. The Morgan fingerprint density at radius 3 is 2.46 bits per heavy atom. The van der Waals surface area contributed by atoms with E-state index in [1.54, 1.807) is 7.11 Å². The summed E-state index contributed by atoms with van der Waals surface area (Å²) >= 11 is 0. The Bertz CT molecular complexity index is 101. The van der Waals surface area contributed by atoms with Crippen LogP contribution in [0.5, 0.6) is 0 Å². The molecule has 13 heavy (non-hydrogen) atoms. The molecule has 0 heterocycles. The van der Waals surface area contributed by atoms with E-state index in [9.17, 15) is 0 Å². The molecular weight excluding hydrogens is 162 g/mol. The molecule has 0 unspecified atom stereocenters. The molecule has 2 nitrogen and oxygen atoms in total. The summed E-state index contributed by atoms with van der Waals surface area (Å²) in [6.07, 6.45) is 3.69. The fraction of sp³-hybridized carbons (Fsp3) is 1.00. The van der Waals surface area contributed by atoms with Crippen molar-refractivity contribution in [2.24, 2.45) is 5.41 Å². The van der Waals surface area contributed by atoms with E-state index in [0.29, 0.717) is 5.41 Å². The van der Waals surface area contributed by atoms with Gasteiger partial charge in [-0.1, -0.05) is 20.8 Å². The number of hydrogen-bond acceptors (Lipinski definition) is 2. The van der Waals surface area contributed by atoms with Gasteiger partial charge in [-0.25, -0.2) is 0 Å². The zero-order chi connectivity index (χ0) is 10.2. The summed E-state index contributed by atoms with van der Waals surface area (Å²) in [4.78, 5) is 0. The van der Waals surface area contributed by atoms with Gasteiger partial charge in [-0.2, -0.15) is 0 Å². The molecule has 0 radical (unpaired) electrons. The third kappa shape index (κ3) is 8.26. The van der Waals surface area contributed by atoms with Crippen LogP contribution in [0.4, 0.5) is 0 Å². The first-order chi connectivity index (χ1) is 6.12. The maximum absolute atomic E-state index is 5.05. The van der Waals surface area contributed by atoms with Crippen molar-refractivity contribution in [3.05, 3.63) is 0 Å². The molecule has 1 N–H and O–H groups in total. The molecule has 80 valence electrons. The van der Waals surface area contributed by atoms with Crippen molar-refractivity contribution >= 4 is 0 Å². The Hall–Kier alpha value is -0.0800. The van der Waals surface area contributed by atoms with Gasteiger partial charge in [-0.05, 0) is 37.8 Å². The van der Waals surface area contributed by atoms with E-state index in [1.165, 1.54) is 19.3 Å². The Kier molecular flexibility index (Phi) is 7.29. The van der Waals surface area contributed by atoms with Crippen molar-refractivity contribution in [3.63, 3.8) is 0 Å². The normalized spacial score (nSPS) is 12.0. The smallest absolute Gasteiger partial charge is 0.0462 e. The first-order valence-electron chi connectivity index (χ1n) is 5.32. The van der Waals surface area contributed by atoms with Gasteiger partial charge in [-0.15, -0.1) is 0 Å². The molecule has 0 aromatic rings. The summed E-state index contributed by atoms with van der Waals surface area (Å²) in [5.74, 6) is 0. The number of ether oxygens (including phenoxy) is 1. The van der Waals surface area contributed by atoms with Crippen molar-refractivity contribution in [2.75, 3.05) is 26.8 Å². The quantitative estimate of drug-likeness (QED) is 0.589. The molecule has 0 aliphatic carbocycles. The number of hydrogen-bond donors (Lipinski definition) is 1. The zero-order valence-corrected chi connectivity index (χ0v) is 9.65. The highest BCUT2D eigenvalue weighted by molar-refractivity contribution is 4.69. The van der Waals surface area contributed by atoms with Gasteiger partial charge in [0.05, 0.1) is 0 Å². The minimum atomic E-state index is 0.459. The lowest BCUT2D eigenvalue weighted by molar-refractivity contribution is 0.172. The van der Waals surface area contributed by atoms with Crippen LogP contribution in [0.1, 0.15) is 40.0 Å². The van der Waals surface area contributed by atoms with E-state index >= 15 is 0 Å². The van der Waals surface area contributed by atoms with Gasteiger partial charge in [-0.3, -0.25) is 0 Å². The molecule has 0 saturated carbocycles. The van der Waals surface area contributed by atoms with Gasteiger partial charge < -0.3 is 10.1 Å². The van der Waals surface area contributed by atoms with Crippen LogP contribution in [-0.2, 0) is 4.74 Å². The van der Waals surface area contributed by atoms with Gasteiger partial charge in [0.1, 0.15) is 0 Å². The van der Waals surface area contributed by atoms with Crippen molar-refractivity contribution in [2.45, 2.75) is 40.0 Å². The Morgan fingerprint density at radius 1 is 1.23 bits per heavy atom. The fourth-order valence-electron chi connectivity index (χ4n) is 1.42. The fourth-order valence-corrected chi connectivity index (χ4v) is 1.42. The lowest BCUT2D eigenvalue weighted by Crippen LogP contribution is -2.22. The van der Waals surface area contributed by atoms with Gasteiger partial charge in [0, 0.05) is 13.7 Å². The molecular formula is C11H25NO. The second-order valence-electron chi connectivity index (χ2n) is 4.36. The summed E-state index contributed by atoms with van der Waals surface area (Å²) in [7, 11) is 1.77. The predicted octanol–water partition coefficient (Wildman–Crippen LogP) is 2.44. The highest BCUT2D eigenvalue weighted by Crippen LogP contribution is 2.25. The third-order valence-corrected chi connectivity index (χ3v) is 2.43. The monoisotopic (exact) mass is 187 g/mol. The first-order valence-corrected chi connectivity index (χ1v) is 5.32. The average molecular weight is 187 g/mol. The highest BCUT2D eigenvalue weighted by atomic mass is 16.5. The lowest BCUT2D eigenvalue weighted by atomic mass is 9.84. The van der Waals surface area contributed by atoms with Crippen LogP contribution in [0.15, 0.2) is 0 Å². The summed E-state index contributed by atoms with van der Waals surface area (Å²) in [5, 5.41) is 3.36. The Morgan fingerprint density at radius 2 is 1.92 bits per heavy atom.